The summed E-state index contributed by atoms with van der Waals surface area (Å²) in [6.45, 7) is 1.99. The van der Waals surface area contributed by atoms with E-state index in [1.807, 2.05) is 30.3 Å². The van der Waals surface area contributed by atoms with Gasteiger partial charge in [-0.2, -0.15) is 0 Å². The molecule has 0 saturated heterocycles. The molecule has 140 valence electrons. The second-order valence-electron chi connectivity index (χ2n) is 5.76. The maximum absolute atomic E-state index is 13.5. The number of carbonyl (C=O) groups excluding carboxylic acids is 1. The maximum atomic E-state index is 13.5. The zero-order chi connectivity index (χ0) is 19.3. The smallest absolute Gasteiger partial charge is 0.243 e. The predicted octanol–water partition coefficient (Wildman–Crippen LogP) is 2.78. The molecule has 8 heteroatoms. The molecule has 0 heterocycles. The minimum absolute atomic E-state index is 0.101. The molecule has 0 aliphatic carbocycles. The second-order valence-corrected chi connectivity index (χ2v) is 7.67. The van der Waals surface area contributed by atoms with Gasteiger partial charge in [0.1, 0.15) is 6.54 Å². The van der Waals surface area contributed by atoms with E-state index in [1.165, 1.54) is 4.90 Å². The van der Waals surface area contributed by atoms with Gasteiger partial charge in [0, 0.05) is 19.2 Å². The molecule has 5 nitrogen and oxygen atoms in total. The quantitative estimate of drug-likeness (QED) is 0.740. The number of nitrogens with zero attached hydrogens (tertiary/aromatic N) is 2. The van der Waals surface area contributed by atoms with Crippen LogP contribution in [0.3, 0.4) is 0 Å². The fraction of sp³-hybridized carbons (Fsp3) is 0.278. The fourth-order valence-corrected chi connectivity index (χ4v) is 3.28. The van der Waals surface area contributed by atoms with Gasteiger partial charge in [0.25, 0.3) is 0 Å². The maximum Gasteiger partial charge on any atom is 0.243 e. The first kappa shape index (κ1) is 19.8. The number of carbonyl (C=O) groups is 1. The van der Waals surface area contributed by atoms with Crippen molar-refractivity contribution in [2.24, 2.45) is 0 Å². The normalized spacial score (nSPS) is 11.2. The van der Waals surface area contributed by atoms with Crippen molar-refractivity contribution in [2.45, 2.75) is 13.5 Å². The van der Waals surface area contributed by atoms with E-state index in [4.69, 9.17) is 0 Å². The summed E-state index contributed by atoms with van der Waals surface area (Å²) < 4.78 is 51.5. The lowest BCUT2D eigenvalue weighted by Gasteiger charge is -2.27. The van der Waals surface area contributed by atoms with Crippen LogP contribution in [0, 0.1) is 11.6 Å². The van der Waals surface area contributed by atoms with Gasteiger partial charge in [-0.05, 0) is 24.6 Å². The van der Waals surface area contributed by atoms with Crippen LogP contribution in [0.15, 0.2) is 48.5 Å². The van der Waals surface area contributed by atoms with Crippen molar-refractivity contribution < 1.29 is 22.0 Å². The lowest BCUT2D eigenvalue weighted by atomic mass is 10.2. The molecule has 0 radical (unpaired) electrons. The lowest BCUT2D eigenvalue weighted by Crippen LogP contribution is -2.42. The molecule has 0 aliphatic heterocycles. The molecule has 2 aromatic rings. The number of likely N-dealkylation sites (N-methyl/N-ethyl adjacent to an activating group) is 1. The highest BCUT2D eigenvalue weighted by atomic mass is 32.2. The Morgan fingerprint density at radius 1 is 1.04 bits per heavy atom. The van der Waals surface area contributed by atoms with Crippen molar-refractivity contribution in [3.63, 3.8) is 0 Å². The van der Waals surface area contributed by atoms with Crippen LogP contribution in [0.2, 0.25) is 0 Å². The van der Waals surface area contributed by atoms with E-state index >= 15 is 0 Å². The molecule has 0 atom stereocenters. The summed E-state index contributed by atoms with van der Waals surface area (Å²) in [7, 11) is -3.86. The molecular weight excluding hydrogens is 362 g/mol. The van der Waals surface area contributed by atoms with Crippen molar-refractivity contribution in [3.8, 4) is 0 Å². The third-order valence-electron chi connectivity index (χ3n) is 3.82. The molecule has 0 N–H and O–H groups in total. The van der Waals surface area contributed by atoms with Crippen LogP contribution in [0.1, 0.15) is 12.5 Å². The summed E-state index contributed by atoms with van der Waals surface area (Å²) in [4.78, 5) is 14.1. The molecule has 26 heavy (non-hydrogen) atoms. The zero-order valence-corrected chi connectivity index (χ0v) is 15.3. The van der Waals surface area contributed by atoms with Crippen LogP contribution in [-0.4, -0.2) is 38.6 Å². The van der Waals surface area contributed by atoms with Gasteiger partial charge in [0.2, 0.25) is 15.9 Å². The predicted molar refractivity (Wildman–Crippen MR) is 96.1 cm³/mol. The summed E-state index contributed by atoms with van der Waals surface area (Å²) in [6, 6.07) is 12.0. The number of hydrogen-bond acceptors (Lipinski definition) is 3. The monoisotopic (exact) mass is 382 g/mol. The Labute approximate surface area is 151 Å². The van der Waals surface area contributed by atoms with Crippen LogP contribution in [0.4, 0.5) is 14.5 Å². The third-order valence-corrected chi connectivity index (χ3v) is 4.96. The molecule has 0 unspecified atom stereocenters. The number of rotatable bonds is 7. The summed E-state index contributed by atoms with van der Waals surface area (Å²) >= 11 is 0. The van der Waals surface area contributed by atoms with Crippen LogP contribution in [0.5, 0.6) is 0 Å². The van der Waals surface area contributed by atoms with Gasteiger partial charge in [-0.3, -0.25) is 9.10 Å². The molecule has 2 aromatic carbocycles. The van der Waals surface area contributed by atoms with E-state index in [0.29, 0.717) is 13.1 Å². The Balaban J connectivity index is 2.24. The van der Waals surface area contributed by atoms with Gasteiger partial charge < -0.3 is 4.90 Å². The Hall–Kier alpha value is -2.48. The van der Waals surface area contributed by atoms with Crippen LogP contribution in [-0.2, 0) is 21.4 Å². The van der Waals surface area contributed by atoms with Gasteiger partial charge >= 0.3 is 0 Å². The van der Waals surface area contributed by atoms with Gasteiger partial charge in [-0.25, -0.2) is 17.2 Å². The van der Waals surface area contributed by atoms with Gasteiger partial charge in [-0.15, -0.1) is 0 Å². The van der Waals surface area contributed by atoms with E-state index < -0.39 is 34.1 Å². The first-order chi connectivity index (χ1) is 12.2. The molecule has 0 spiro atoms. The van der Waals surface area contributed by atoms with Crippen LogP contribution in [0.25, 0.3) is 0 Å². The van der Waals surface area contributed by atoms with E-state index in [0.717, 1.165) is 34.3 Å². The molecule has 1 amide bonds. The van der Waals surface area contributed by atoms with E-state index in [2.05, 4.69) is 0 Å². The molecule has 2 rings (SSSR count). The van der Waals surface area contributed by atoms with Crippen molar-refractivity contribution in [2.75, 3.05) is 23.7 Å². The standard InChI is InChI=1S/C18H20F2N2O3S/c1-3-21(12-14-7-5-4-6-8-14)18(23)13-22(26(2,24)25)15-9-10-16(19)17(20)11-15/h4-11H,3,12-13H2,1-2H3. The minimum Gasteiger partial charge on any atom is -0.337 e. The first-order valence-electron chi connectivity index (χ1n) is 7.97. The van der Waals surface area contributed by atoms with Crippen LogP contribution >= 0.6 is 0 Å². The van der Waals surface area contributed by atoms with Crippen LogP contribution < -0.4 is 4.31 Å². The highest BCUT2D eigenvalue weighted by molar-refractivity contribution is 7.92. The van der Waals surface area contributed by atoms with Gasteiger partial charge in [0.05, 0.1) is 11.9 Å². The van der Waals surface area contributed by atoms with Gasteiger partial charge in [0.15, 0.2) is 11.6 Å². The summed E-state index contributed by atoms with van der Waals surface area (Å²) in [5, 5.41) is 0. The average molecular weight is 382 g/mol. The van der Waals surface area contributed by atoms with Crippen molar-refractivity contribution in [1.29, 1.82) is 0 Å². The molecule has 0 fully saturated rings. The number of anilines is 1. The minimum atomic E-state index is -3.86. The average Bonchev–Trinajstić information content (AvgIpc) is 2.59. The third kappa shape index (κ3) is 5.01. The topological polar surface area (TPSA) is 57.7 Å². The fourth-order valence-electron chi connectivity index (χ4n) is 2.44. The molecular formula is C18H20F2N2O3S. The van der Waals surface area contributed by atoms with Gasteiger partial charge in [-0.1, -0.05) is 30.3 Å². The van der Waals surface area contributed by atoms with Crippen molar-refractivity contribution in [3.05, 3.63) is 65.7 Å². The lowest BCUT2D eigenvalue weighted by molar-refractivity contribution is -0.129. The summed E-state index contributed by atoms with van der Waals surface area (Å²) in [5.74, 6) is -2.71. The number of benzene rings is 2. The SMILES string of the molecule is CCN(Cc1ccccc1)C(=O)CN(c1ccc(F)c(F)c1)S(C)(=O)=O. The Bertz CT molecular complexity index is 873. The first-order valence-corrected chi connectivity index (χ1v) is 9.81. The van der Waals surface area contributed by atoms with E-state index in [9.17, 15) is 22.0 Å². The Morgan fingerprint density at radius 3 is 2.23 bits per heavy atom. The molecule has 0 aromatic heterocycles. The highest BCUT2D eigenvalue weighted by Gasteiger charge is 2.24. The number of amides is 1. The van der Waals surface area contributed by atoms with E-state index in [1.54, 1.807) is 6.92 Å². The highest BCUT2D eigenvalue weighted by Crippen LogP contribution is 2.21. The Kier molecular flexibility index (Phi) is 6.31. The second kappa shape index (κ2) is 8.27. The number of halogens is 2. The van der Waals surface area contributed by atoms with Crippen molar-refractivity contribution >= 4 is 21.6 Å². The molecule has 0 saturated carbocycles. The largest absolute Gasteiger partial charge is 0.337 e. The number of hydrogen-bond donors (Lipinski definition) is 0. The van der Waals surface area contributed by atoms with E-state index in [-0.39, 0.29) is 5.69 Å². The zero-order valence-electron chi connectivity index (χ0n) is 14.5. The number of sulfonamides is 1. The van der Waals surface area contributed by atoms with Crippen molar-refractivity contribution in [1.82, 2.24) is 4.90 Å². The summed E-state index contributed by atoms with van der Waals surface area (Å²) in [6.07, 6.45) is 0.912. The molecule has 0 aliphatic rings. The Morgan fingerprint density at radius 2 is 1.69 bits per heavy atom. The molecule has 0 bridgehead atoms. The summed E-state index contributed by atoms with van der Waals surface area (Å²) in [5.41, 5.74) is 0.803.